The van der Waals surface area contributed by atoms with Gasteiger partial charge in [-0.1, -0.05) is 0 Å². The first-order valence-electron chi connectivity index (χ1n) is 4.43. The quantitative estimate of drug-likeness (QED) is 0.689. The van der Waals surface area contributed by atoms with Crippen LogP contribution in [0.2, 0.25) is 0 Å². The fraction of sp³-hybridized carbons (Fsp3) is 0.750. The van der Waals surface area contributed by atoms with Gasteiger partial charge in [0, 0.05) is 0 Å². The summed E-state index contributed by atoms with van der Waals surface area (Å²) in [6.07, 6.45) is 2.78. The van der Waals surface area contributed by atoms with E-state index >= 15 is 0 Å². The smallest absolute Gasteiger partial charge is 0.164 e. The second-order valence-corrected chi connectivity index (χ2v) is 3.41. The molecule has 1 saturated carbocycles. The number of H-pyrrole nitrogens is 1. The fourth-order valence-electron chi connectivity index (χ4n) is 1.18. The maximum Gasteiger partial charge on any atom is 0.164 e. The minimum Gasteiger partial charge on any atom is -0.310 e. The summed E-state index contributed by atoms with van der Waals surface area (Å²) in [6.45, 7) is 3.83. The van der Waals surface area contributed by atoms with Crippen molar-refractivity contribution in [1.82, 2.24) is 20.5 Å². The van der Waals surface area contributed by atoms with Gasteiger partial charge in [-0.15, -0.1) is 0 Å². The van der Waals surface area contributed by atoms with E-state index in [1.165, 1.54) is 12.8 Å². The van der Waals surface area contributed by atoms with Gasteiger partial charge in [0.2, 0.25) is 0 Å². The molecule has 1 aliphatic rings. The highest BCUT2D eigenvalue weighted by Gasteiger charge is 2.20. The van der Waals surface area contributed by atoms with Crippen LogP contribution < -0.4 is 5.32 Å². The average molecular weight is 166 g/mol. The third kappa shape index (κ3) is 2.04. The molecule has 0 amide bonds. The molecule has 0 spiro atoms. The Morgan fingerprint density at radius 2 is 2.42 bits per heavy atom. The number of rotatable bonds is 4. The third-order valence-electron chi connectivity index (χ3n) is 2.06. The van der Waals surface area contributed by atoms with Gasteiger partial charge in [0.05, 0.1) is 6.54 Å². The van der Waals surface area contributed by atoms with E-state index in [0.717, 1.165) is 30.7 Å². The Morgan fingerprint density at radius 1 is 1.58 bits per heavy atom. The van der Waals surface area contributed by atoms with Crippen molar-refractivity contribution in [3.05, 3.63) is 11.6 Å². The van der Waals surface area contributed by atoms with E-state index in [4.69, 9.17) is 0 Å². The van der Waals surface area contributed by atoms with Crippen molar-refractivity contribution < 1.29 is 0 Å². The minimum absolute atomic E-state index is 0.792. The van der Waals surface area contributed by atoms with Crippen molar-refractivity contribution in [3.8, 4) is 0 Å². The van der Waals surface area contributed by atoms with Crippen LogP contribution in [-0.4, -0.2) is 21.7 Å². The van der Waals surface area contributed by atoms with Gasteiger partial charge in [0.25, 0.3) is 0 Å². The summed E-state index contributed by atoms with van der Waals surface area (Å²) in [5.41, 5.74) is 0. The number of nitrogens with one attached hydrogen (secondary N) is 2. The van der Waals surface area contributed by atoms with E-state index in [2.05, 4.69) is 20.5 Å². The topological polar surface area (TPSA) is 53.6 Å². The summed E-state index contributed by atoms with van der Waals surface area (Å²) in [4.78, 5) is 4.20. The van der Waals surface area contributed by atoms with Crippen molar-refractivity contribution in [2.24, 2.45) is 5.92 Å². The standard InChI is InChI=1S/C8H14N4/c1-6-10-8(12-11-6)5-9-4-7-2-3-7/h7,9H,2-5H2,1H3,(H,10,11,12). The minimum atomic E-state index is 0.792. The number of hydrogen-bond acceptors (Lipinski definition) is 3. The van der Waals surface area contributed by atoms with Gasteiger partial charge in [-0.2, -0.15) is 5.10 Å². The average Bonchev–Trinajstić information content (AvgIpc) is 2.76. The lowest BCUT2D eigenvalue weighted by atomic mass is 10.4. The number of aryl methyl sites for hydroxylation is 1. The molecule has 0 bridgehead atoms. The zero-order valence-corrected chi connectivity index (χ0v) is 7.30. The predicted octanol–water partition coefficient (Wildman–Crippen LogP) is 0.613. The maximum atomic E-state index is 4.20. The molecule has 1 heterocycles. The summed E-state index contributed by atoms with van der Waals surface area (Å²) >= 11 is 0. The molecule has 4 heteroatoms. The van der Waals surface area contributed by atoms with Crippen LogP contribution >= 0.6 is 0 Å². The molecule has 2 N–H and O–H groups in total. The molecule has 0 atom stereocenters. The first-order chi connectivity index (χ1) is 5.84. The summed E-state index contributed by atoms with van der Waals surface area (Å²) < 4.78 is 0. The number of nitrogens with zero attached hydrogens (tertiary/aromatic N) is 2. The lowest BCUT2D eigenvalue weighted by Crippen LogP contribution is -2.16. The van der Waals surface area contributed by atoms with Gasteiger partial charge in [0.15, 0.2) is 5.82 Å². The monoisotopic (exact) mass is 166 g/mol. The van der Waals surface area contributed by atoms with Crippen molar-refractivity contribution in [1.29, 1.82) is 0 Å². The summed E-state index contributed by atoms with van der Waals surface area (Å²) in [7, 11) is 0. The summed E-state index contributed by atoms with van der Waals surface area (Å²) in [5.74, 6) is 2.68. The van der Waals surface area contributed by atoms with E-state index in [0.29, 0.717) is 0 Å². The van der Waals surface area contributed by atoms with Gasteiger partial charge in [-0.3, -0.25) is 5.10 Å². The van der Waals surface area contributed by atoms with E-state index in [9.17, 15) is 0 Å². The van der Waals surface area contributed by atoms with Gasteiger partial charge >= 0.3 is 0 Å². The zero-order valence-electron chi connectivity index (χ0n) is 7.30. The number of hydrogen-bond donors (Lipinski definition) is 2. The molecule has 1 fully saturated rings. The van der Waals surface area contributed by atoms with Crippen LogP contribution in [0.5, 0.6) is 0 Å². The molecule has 2 rings (SSSR count). The van der Waals surface area contributed by atoms with Gasteiger partial charge in [-0.25, -0.2) is 4.98 Å². The van der Waals surface area contributed by atoms with Crippen LogP contribution in [0.1, 0.15) is 24.5 Å². The lowest BCUT2D eigenvalue weighted by Gasteiger charge is -1.97. The van der Waals surface area contributed by atoms with Crippen molar-refractivity contribution >= 4 is 0 Å². The maximum absolute atomic E-state index is 4.20. The first kappa shape index (κ1) is 7.73. The molecule has 66 valence electrons. The molecular weight excluding hydrogens is 152 g/mol. The van der Waals surface area contributed by atoms with Crippen molar-refractivity contribution in [3.63, 3.8) is 0 Å². The van der Waals surface area contributed by atoms with Crippen molar-refractivity contribution in [2.45, 2.75) is 26.3 Å². The van der Waals surface area contributed by atoms with Crippen LogP contribution in [0.25, 0.3) is 0 Å². The van der Waals surface area contributed by atoms with E-state index < -0.39 is 0 Å². The second kappa shape index (κ2) is 3.23. The molecule has 4 nitrogen and oxygen atoms in total. The van der Waals surface area contributed by atoms with Crippen molar-refractivity contribution in [2.75, 3.05) is 6.54 Å². The Balaban J connectivity index is 1.71. The highest BCUT2D eigenvalue weighted by Crippen LogP contribution is 2.27. The van der Waals surface area contributed by atoms with Crippen LogP contribution in [0, 0.1) is 12.8 Å². The van der Waals surface area contributed by atoms with Gasteiger partial charge in [-0.05, 0) is 32.2 Å². The summed E-state index contributed by atoms with van der Waals surface area (Å²) in [5, 5.41) is 10.2. The van der Waals surface area contributed by atoms with Crippen LogP contribution in [0.3, 0.4) is 0 Å². The Kier molecular flexibility index (Phi) is 2.08. The zero-order chi connectivity index (χ0) is 8.39. The second-order valence-electron chi connectivity index (χ2n) is 3.41. The highest BCUT2D eigenvalue weighted by molar-refractivity contribution is 4.87. The van der Waals surface area contributed by atoms with Crippen LogP contribution in [0.4, 0.5) is 0 Å². The molecule has 0 aromatic carbocycles. The predicted molar refractivity (Wildman–Crippen MR) is 45.6 cm³/mol. The Hall–Kier alpha value is -0.900. The molecule has 1 aromatic heterocycles. The largest absolute Gasteiger partial charge is 0.310 e. The van der Waals surface area contributed by atoms with Gasteiger partial charge in [0.1, 0.15) is 5.82 Å². The van der Waals surface area contributed by atoms with E-state index in [-0.39, 0.29) is 0 Å². The number of aromatic nitrogens is 3. The Morgan fingerprint density at radius 3 is 3.00 bits per heavy atom. The Bertz CT molecular complexity index is 251. The fourth-order valence-corrected chi connectivity index (χ4v) is 1.18. The molecule has 1 aliphatic carbocycles. The SMILES string of the molecule is Cc1nc(CNCC2CC2)n[nH]1. The van der Waals surface area contributed by atoms with E-state index in [1.807, 2.05) is 6.92 Å². The molecule has 12 heavy (non-hydrogen) atoms. The van der Waals surface area contributed by atoms with Crippen LogP contribution in [0.15, 0.2) is 0 Å². The summed E-state index contributed by atoms with van der Waals surface area (Å²) in [6, 6.07) is 0. The molecule has 0 radical (unpaired) electrons. The van der Waals surface area contributed by atoms with E-state index in [1.54, 1.807) is 0 Å². The van der Waals surface area contributed by atoms with Crippen LogP contribution in [-0.2, 0) is 6.54 Å². The molecule has 1 aromatic rings. The molecule has 0 unspecified atom stereocenters. The molecular formula is C8H14N4. The molecule has 0 aliphatic heterocycles. The lowest BCUT2D eigenvalue weighted by molar-refractivity contribution is 0.620. The third-order valence-corrected chi connectivity index (χ3v) is 2.06. The highest BCUT2D eigenvalue weighted by atomic mass is 15.2. The number of aromatic amines is 1. The first-order valence-corrected chi connectivity index (χ1v) is 4.43. The molecule has 0 saturated heterocycles. The normalized spacial score (nSPS) is 16.8. The van der Waals surface area contributed by atoms with Gasteiger partial charge < -0.3 is 5.32 Å². The Labute approximate surface area is 71.8 Å².